The van der Waals surface area contributed by atoms with E-state index in [2.05, 4.69) is 0 Å². The molecule has 0 atom stereocenters. The Bertz CT molecular complexity index is 1240. The first kappa shape index (κ1) is 22.3. The van der Waals surface area contributed by atoms with E-state index in [9.17, 15) is 9.18 Å². The van der Waals surface area contributed by atoms with Gasteiger partial charge in [-0.1, -0.05) is 68.4 Å². The molecule has 0 fully saturated rings. The standard InChI is InChI=1S/C28H25FO4/c1-4-31-28(30)25-24(27(33-26(25)18(2)3)19-11-7-5-8-12-19)20-15-16-22(29)23(17-20)32-21-13-9-6-10-14-21/h5-18H,4H2,1-3H3. The molecular formula is C28H25FO4. The molecule has 5 heteroatoms. The maximum atomic E-state index is 14.7. The zero-order chi connectivity index (χ0) is 23.4. The Balaban J connectivity index is 1.94. The molecule has 0 aliphatic rings. The average Bonchev–Trinajstić information content (AvgIpc) is 3.23. The van der Waals surface area contributed by atoms with Crippen LogP contribution >= 0.6 is 0 Å². The van der Waals surface area contributed by atoms with Crippen LogP contribution in [0.2, 0.25) is 0 Å². The Labute approximate surface area is 192 Å². The molecule has 0 radical (unpaired) electrons. The van der Waals surface area contributed by atoms with E-state index in [1.165, 1.54) is 6.07 Å². The molecule has 0 spiro atoms. The second-order valence-electron chi connectivity index (χ2n) is 7.85. The number of benzene rings is 3. The molecule has 1 heterocycles. The molecule has 0 unspecified atom stereocenters. The van der Waals surface area contributed by atoms with Crippen LogP contribution in [-0.2, 0) is 4.74 Å². The first-order valence-corrected chi connectivity index (χ1v) is 10.9. The van der Waals surface area contributed by atoms with Crippen LogP contribution < -0.4 is 4.74 Å². The van der Waals surface area contributed by atoms with Crippen molar-refractivity contribution in [2.45, 2.75) is 26.7 Å². The number of halogens is 1. The van der Waals surface area contributed by atoms with Gasteiger partial charge in [0.05, 0.1) is 6.61 Å². The lowest BCUT2D eigenvalue weighted by molar-refractivity contribution is 0.0524. The van der Waals surface area contributed by atoms with Gasteiger partial charge in [-0.15, -0.1) is 0 Å². The average molecular weight is 445 g/mol. The zero-order valence-electron chi connectivity index (χ0n) is 18.8. The molecule has 4 rings (SSSR count). The normalized spacial score (nSPS) is 10.9. The van der Waals surface area contributed by atoms with Crippen molar-refractivity contribution < 1.29 is 23.1 Å². The van der Waals surface area contributed by atoms with E-state index in [0.717, 1.165) is 5.56 Å². The number of carbonyl (C=O) groups excluding carboxylic acids is 1. The number of hydrogen-bond donors (Lipinski definition) is 0. The van der Waals surface area contributed by atoms with Gasteiger partial charge in [0.1, 0.15) is 22.8 Å². The fourth-order valence-corrected chi connectivity index (χ4v) is 3.68. The Kier molecular flexibility index (Phi) is 6.59. The van der Waals surface area contributed by atoms with E-state index in [-0.39, 0.29) is 18.3 Å². The predicted octanol–water partition coefficient (Wildman–Crippen LogP) is 7.85. The lowest BCUT2D eigenvalue weighted by Gasteiger charge is -2.11. The van der Waals surface area contributed by atoms with E-state index in [4.69, 9.17) is 13.9 Å². The molecule has 0 aliphatic heterocycles. The summed E-state index contributed by atoms with van der Waals surface area (Å²) in [5.74, 6) is 0.571. The van der Waals surface area contributed by atoms with Crippen LogP contribution in [0.5, 0.6) is 11.5 Å². The maximum Gasteiger partial charge on any atom is 0.342 e. The van der Waals surface area contributed by atoms with Crippen molar-refractivity contribution in [1.29, 1.82) is 0 Å². The topological polar surface area (TPSA) is 48.7 Å². The minimum Gasteiger partial charge on any atom is -0.462 e. The maximum absolute atomic E-state index is 14.7. The Morgan fingerprint density at radius 3 is 2.24 bits per heavy atom. The highest BCUT2D eigenvalue weighted by atomic mass is 19.1. The SMILES string of the molecule is CCOC(=O)c1c(C(C)C)oc(-c2ccccc2)c1-c1ccc(F)c(Oc2ccccc2)c1. The van der Waals surface area contributed by atoms with E-state index in [1.54, 1.807) is 31.2 Å². The highest BCUT2D eigenvalue weighted by Gasteiger charge is 2.30. The van der Waals surface area contributed by atoms with Gasteiger partial charge in [-0.25, -0.2) is 9.18 Å². The third-order valence-corrected chi connectivity index (χ3v) is 5.17. The number of esters is 1. The highest BCUT2D eigenvalue weighted by molar-refractivity contribution is 6.02. The molecular weight excluding hydrogens is 419 g/mol. The zero-order valence-corrected chi connectivity index (χ0v) is 18.8. The fraction of sp³-hybridized carbons (Fsp3) is 0.179. The van der Waals surface area contributed by atoms with Gasteiger partial charge in [-0.05, 0) is 36.8 Å². The largest absolute Gasteiger partial charge is 0.462 e. The molecule has 0 bridgehead atoms. The molecule has 168 valence electrons. The van der Waals surface area contributed by atoms with Crippen LogP contribution in [0.4, 0.5) is 4.39 Å². The molecule has 0 aliphatic carbocycles. The minimum atomic E-state index is -0.505. The van der Waals surface area contributed by atoms with E-state index in [1.807, 2.05) is 62.4 Å². The van der Waals surface area contributed by atoms with E-state index >= 15 is 0 Å². The summed E-state index contributed by atoms with van der Waals surface area (Å²) in [6.07, 6.45) is 0. The third-order valence-electron chi connectivity index (χ3n) is 5.17. The van der Waals surface area contributed by atoms with Crippen molar-refractivity contribution >= 4 is 5.97 Å². The number of carbonyl (C=O) groups is 1. The lowest BCUT2D eigenvalue weighted by atomic mass is 9.94. The Morgan fingerprint density at radius 1 is 0.939 bits per heavy atom. The summed E-state index contributed by atoms with van der Waals surface area (Å²) in [7, 11) is 0. The molecule has 0 saturated carbocycles. The summed E-state index contributed by atoms with van der Waals surface area (Å²) >= 11 is 0. The van der Waals surface area contributed by atoms with E-state index < -0.39 is 11.8 Å². The summed E-state index contributed by atoms with van der Waals surface area (Å²) in [6.45, 7) is 5.89. The Hall–Kier alpha value is -3.86. The second-order valence-corrected chi connectivity index (χ2v) is 7.85. The van der Waals surface area contributed by atoms with Gasteiger partial charge in [0.15, 0.2) is 11.6 Å². The van der Waals surface area contributed by atoms with Gasteiger partial charge in [0.2, 0.25) is 0 Å². The predicted molar refractivity (Wildman–Crippen MR) is 126 cm³/mol. The number of ether oxygens (including phenoxy) is 2. The number of rotatable bonds is 7. The first-order valence-electron chi connectivity index (χ1n) is 10.9. The summed E-state index contributed by atoms with van der Waals surface area (Å²) in [5.41, 5.74) is 2.31. The molecule has 33 heavy (non-hydrogen) atoms. The quantitative estimate of drug-likeness (QED) is 0.272. The summed E-state index contributed by atoms with van der Waals surface area (Å²) in [4.78, 5) is 13.1. The monoisotopic (exact) mass is 444 g/mol. The van der Waals surface area contributed by atoms with Crippen LogP contribution in [-0.4, -0.2) is 12.6 Å². The molecule has 0 saturated heterocycles. The number of hydrogen-bond acceptors (Lipinski definition) is 4. The van der Waals surface area contributed by atoms with Gasteiger partial charge in [0.25, 0.3) is 0 Å². The van der Waals surface area contributed by atoms with Crippen molar-refractivity contribution in [2.24, 2.45) is 0 Å². The summed E-state index contributed by atoms with van der Waals surface area (Å²) in [5, 5.41) is 0. The smallest absolute Gasteiger partial charge is 0.342 e. The van der Waals surface area contributed by atoms with Crippen molar-refractivity contribution in [1.82, 2.24) is 0 Å². The fourth-order valence-electron chi connectivity index (χ4n) is 3.68. The molecule has 1 aromatic heterocycles. The third kappa shape index (κ3) is 4.67. The minimum absolute atomic E-state index is 0.0554. The van der Waals surface area contributed by atoms with E-state index in [0.29, 0.717) is 34.0 Å². The van der Waals surface area contributed by atoms with Crippen LogP contribution in [0.25, 0.3) is 22.5 Å². The van der Waals surface area contributed by atoms with Gasteiger partial charge in [-0.2, -0.15) is 0 Å². The molecule has 0 amide bonds. The van der Waals surface area contributed by atoms with Crippen LogP contribution in [0.15, 0.2) is 83.3 Å². The van der Waals surface area contributed by atoms with Crippen molar-refractivity contribution in [3.05, 3.63) is 96.0 Å². The molecule has 4 nitrogen and oxygen atoms in total. The highest BCUT2D eigenvalue weighted by Crippen LogP contribution is 2.43. The first-order chi connectivity index (χ1) is 16.0. The Morgan fingerprint density at radius 2 is 1.61 bits per heavy atom. The van der Waals surface area contributed by atoms with Crippen molar-refractivity contribution in [2.75, 3.05) is 6.61 Å². The van der Waals surface area contributed by atoms with Crippen molar-refractivity contribution in [3.63, 3.8) is 0 Å². The van der Waals surface area contributed by atoms with Crippen LogP contribution in [0.3, 0.4) is 0 Å². The van der Waals surface area contributed by atoms with Gasteiger partial charge < -0.3 is 13.9 Å². The van der Waals surface area contributed by atoms with Crippen molar-refractivity contribution in [3.8, 4) is 33.9 Å². The van der Waals surface area contributed by atoms with Gasteiger partial charge >= 0.3 is 5.97 Å². The van der Waals surface area contributed by atoms with Gasteiger partial charge in [0, 0.05) is 17.0 Å². The number of para-hydroxylation sites is 1. The van der Waals surface area contributed by atoms with Crippen LogP contribution in [0, 0.1) is 5.82 Å². The summed E-state index contributed by atoms with van der Waals surface area (Å²) in [6, 6.07) is 23.1. The second kappa shape index (κ2) is 9.74. The molecule has 3 aromatic carbocycles. The van der Waals surface area contributed by atoms with Crippen LogP contribution in [0.1, 0.15) is 42.8 Å². The molecule has 0 N–H and O–H groups in total. The lowest BCUT2D eigenvalue weighted by Crippen LogP contribution is -2.08. The summed E-state index contributed by atoms with van der Waals surface area (Å²) < 4.78 is 32.1. The molecule has 4 aromatic rings. The van der Waals surface area contributed by atoms with Gasteiger partial charge in [-0.3, -0.25) is 0 Å². The number of furan rings is 1.